The molecular weight excluding hydrogens is 224 g/mol. The Morgan fingerprint density at radius 2 is 2.12 bits per heavy atom. The highest BCUT2D eigenvalue weighted by atomic mass is 15.6. The molecule has 3 heterocycles. The first-order chi connectivity index (χ1) is 8.36. The normalized spacial score (nSPS) is 14.5. The van der Waals surface area contributed by atoms with Crippen LogP contribution in [0, 0.1) is 0 Å². The number of nitrogens with zero attached hydrogens (tertiary/aromatic N) is 8. The molecule has 0 unspecified atom stereocenters. The van der Waals surface area contributed by atoms with Crippen molar-refractivity contribution < 1.29 is 0 Å². The van der Waals surface area contributed by atoms with Crippen LogP contribution in [0.3, 0.4) is 0 Å². The molecule has 1 aliphatic heterocycles. The lowest BCUT2D eigenvalue weighted by atomic mass is 10.5. The Kier molecular flexibility index (Phi) is 1.97. The summed E-state index contributed by atoms with van der Waals surface area (Å²) in [5.74, 6) is 0.748. The Balaban J connectivity index is 2.18. The van der Waals surface area contributed by atoms with Crippen LogP contribution >= 0.6 is 0 Å². The number of nitrogens with one attached hydrogen (secondary N) is 1. The largest absolute Gasteiger partial charge is 0.382 e. The van der Waals surface area contributed by atoms with Gasteiger partial charge in [0.2, 0.25) is 0 Å². The number of fused-ring (bicyclic) bond motifs is 1. The second kappa shape index (κ2) is 3.59. The molecule has 3 rings (SSSR count). The van der Waals surface area contributed by atoms with E-state index in [4.69, 9.17) is 5.73 Å². The van der Waals surface area contributed by atoms with Gasteiger partial charge in [0.15, 0.2) is 22.8 Å². The zero-order chi connectivity index (χ0) is 11.7. The van der Waals surface area contributed by atoms with E-state index in [1.807, 2.05) is 0 Å². The molecule has 0 spiro atoms. The molecule has 0 fully saturated rings. The van der Waals surface area contributed by atoms with E-state index in [-0.39, 0.29) is 0 Å². The molecule has 0 radical (unpaired) electrons. The molecule has 1 aliphatic rings. The molecular formula is C7H6N10. The summed E-state index contributed by atoms with van der Waals surface area (Å²) in [5.41, 5.74) is 9.26. The van der Waals surface area contributed by atoms with Gasteiger partial charge in [-0.05, 0) is 15.7 Å². The lowest BCUT2D eigenvalue weighted by Crippen LogP contribution is -2.00. The van der Waals surface area contributed by atoms with E-state index in [2.05, 4.69) is 41.2 Å². The summed E-state index contributed by atoms with van der Waals surface area (Å²) >= 11 is 0. The summed E-state index contributed by atoms with van der Waals surface area (Å²) in [6, 6.07) is 0. The van der Waals surface area contributed by atoms with Gasteiger partial charge in [-0.3, -0.25) is 9.99 Å². The lowest BCUT2D eigenvalue weighted by Gasteiger charge is -2.00. The number of nitrogens with two attached hydrogens (primary N) is 1. The van der Waals surface area contributed by atoms with Crippen LogP contribution in [-0.4, -0.2) is 19.5 Å². The molecule has 2 aromatic heterocycles. The third-order valence-electron chi connectivity index (χ3n) is 2.09. The third-order valence-corrected chi connectivity index (χ3v) is 2.09. The van der Waals surface area contributed by atoms with Crippen LogP contribution in [0.4, 0.5) is 5.82 Å². The summed E-state index contributed by atoms with van der Waals surface area (Å²) in [6.07, 6.45) is 4.39. The fourth-order valence-electron chi connectivity index (χ4n) is 1.37. The SMILES string of the molecule is Nc1ncnc2c1ncn2C1=CNN=NN=N1. The van der Waals surface area contributed by atoms with Crippen LogP contribution in [0.1, 0.15) is 0 Å². The Hall–Kier alpha value is -2.91. The van der Waals surface area contributed by atoms with Gasteiger partial charge in [-0.2, -0.15) is 0 Å². The summed E-state index contributed by atoms with van der Waals surface area (Å²) < 4.78 is 1.60. The number of imidazole rings is 1. The summed E-state index contributed by atoms with van der Waals surface area (Å²) in [7, 11) is 0. The molecule has 0 aliphatic carbocycles. The first kappa shape index (κ1) is 9.33. The van der Waals surface area contributed by atoms with Crippen LogP contribution in [0.2, 0.25) is 0 Å². The Morgan fingerprint density at radius 1 is 1.18 bits per heavy atom. The van der Waals surface area contributed by atoms with Gasteiger partial charge in [-0.25, -0.2) is 15.0 Å². The fourth-order valence-corrected chi connectivity index (χ4v) is 1.37. The average Bonchev–Trinajstić information content (AvgIpc) is 2.59. The minimum Gasteiger partial charge on any atom is -0.382 e. The highest BCUT2D eigenvalue weighted by Crippen LogP contribution is 2.19. The van der Waals surface area contributed by atoms with E-state index in [9.17, 15) is 0 Å². The van der Waals surface area contributed by atoms with Crippen molar-refractivity contribution in [3.63, 3.8) is 0 Å². The number of hydrogen-bond donors (Lipinski definition) is 2. The van der Waals surface area contributed by atoms with Crippen LogP contribution in [0.5, 0.6) is 0 Å². The van der Waals surface area contributed by atoms with Gasteiger partial charge in [0, 0.05) is 0 Å². The first-order valence-electron chi connectivity index (χ1n) is 4.56. The van der Waals surface area contributed by atoms with E-state index in [1.165, 1.54) is 18.9 Å². The van der Waals surface area contributed by atoms with E-state index in [1.54, 1.807) is 4.57 Å². The van der Waals surface area contributed by atoms with E-state index in [0.717, 1.165) is 0 Å². The number of nitrogen functional groups attached to an aromatic ring is 1. The van der Waals surface area contributed by atoms with Crippen molar-refractivity contribution in [1.29, 1.82) is 0 Å². The molecule has 0 amide bonds. The molecule has 0 saturated heterocycles. The summed E-state index contributed by atoms with van der Waals surface area (Å²) in [5, 5.41) is 14.1. The predicted molar refractivity (Wildman–Crippen MR) is 56.9 cm³/mol. The van der Waals surface area contributed by atoms with Crippen molar-refractivity contribution in [2.24, 2.45) is 20.8 Å². The Labute approximate surface area is 93.9 Å². The highest BCUT2D eigenvalue weighted by molar-refractivity contribution is 5.83. The van der Waals surface area contributed by atoms with Crippen LogP contribution in [0.25, 0.3) is 17.0 Å². The lowest BCUT2D eigenvalue weighted by molar-refractivity contribution is 0.818. The van der Waals surface area contributed by atoms with Crippen molar-refractivity contribution in [3.8, 4) is 0 Å². The number of anilines is 1. The number of aromatic nitrogens is 4. The first-order valence-corrected chi connectivity index (χ1v) is 4.56. The van der Waals surface area contributed by atoms with E-state index < -0.39 is 0 Å². The molecule has 0 atom stereocenters. The third kappa shape index (κ3) is 1.47. The second-order valence-electron chi connectivity index (χ2n) is 3.06. The second-order valence-corrected chi connectivity index (χ2v) is 3.06. The van der Waals surface area contributed by atoms with E-state index >= 15 is 0 Å². The van der Waals surface area contributed by atoms with Crippen molar-refractivity contribution in [3.05, 3.63) is 18.9 Å². The molecule has 0 saturated carbocycles. The van der Waals surface area contributed by atoms with Gasteiger partial charge >= 0.3 is 0 Å². The molecule has 2 aromatic rings. The molecule has 84 valence electrons. The van der Waals surface area contributed by atoms with Crippen molar-refractivity contribution in [2.75, 3.05) is 5.73 Å². The van der Waals surface area contributed by atoms with Crippen LogP contribution < -0.4 is 11.2 Å². The van der Waals surface area contributed by atoms with Crippen molar-refractivity contribution in [2.45, 2.75) is 0 Å². The van der Waals surface area contributed by atoms with Gasteiger partial charge in [0.25, 0.3) is 0 Å². The predicted octanol–water partition coefficient (Wildman–Crippen LogP) is 0.502. The van der Waals surface area contributed by atoms with Gasteiger partial charge < -0.3 is 5.73 Å². The quantitative estimate of drug-likeness (QED) is 0.736. The Bertz CT molecular complexity index is 650. The topological polar surface area (TPSA) is 131 Å². The maximum atomic E-state index is 5.68. The van der Waals surface area contributed by atoms with Crippen molar-refractivity contribution >= 4 is 22.8 Å². The molecule has 3 N–H and O–H groups in total. The monoisotopic (exact) mass is 230 g/mol. The molecule has 0 bridgehead atoms. The minimum atomic E-state index is 0.308. The summed E-state index contributed by atoms with van der Waals surface area (Å²) in [4.78, 5) is 12.0. The minimum absolute atomic E-state index is 0.308. The zero-order valence-electron chi connectivity index (χ0n) is 8.39. The maximum absolute atomic E-state index is 5.68. The van der Waals surface area contributed by atoms with Gasteiger partial charge in [-0.1, -0.05) is 0 Å². The van der Waals surface area contributed by atoms with Gasteiger partial charge in [-0.15, -0.1) is 5.11 Å². The van der Waals surface area contributed by atoms with Crippen LogP contribution in [0.15, 0.2) is 39.6 Å². The maximum Gasteiger partial charge on any atom is 0.181 e. The fraction of sp³-hybridized carbons (Fsp3) is 0. The van der Waals surface area contributed by atoms with Crippen molar-refractivity contribution in [1.82, 2.24) is 24.9 Å². The number of rotatable bonds is 1. The summed E-state index contributed by atoms with van der Waals surface area (Å²) in [6.45, 7) is 0. The molecule has 10 nitrogen and oxygen atoms in total. The molecule has 10 heteroatoms. The molecule has 0 aromatic carbocycles. The van der Waals surface area contributed by atoms with Gasteiger partial charge in [0.05, 0.1) is 6.20 Å². The highest BCUT2D eigenvalue weighted by Gasteiger charge is 2.11. The average molecular weight is 230 g/mol. The zero-order valence-corrected chi connectivity index (χ0v) is 8.39. The van der Waals surface area contributed by atoms with Gasteiger partial charge in [0.1, 0.15) is 12.7 Å². The smallest absolute Gasteiger partial charge is 0.181 e. The number of hydrogen-bond acceptors (Lipinski definition) is 9. The molecule has 17 heavy (non-hydrogen) atoms. The Morgan fingerprint density at radius 3 is 3.06 bits per heavy atom. The van der Waals surface area contributed by atoms with E-state index in [0.29, 0.717) is 22.8 Å². The van der Waals surface area contributed by atoms with Crippen LogP contribution in [-0.2, 0) is 0 Å². The standard InChI is InChI=1S/C7H6N10/c8-6-5-7(10-2-9-6)17(3-11-5)4-1-12-14-16-15-13-4/h1-3H,(H2,8,9,10)(H,12,13,16).